The van der Waals surface area contributed by atoms with E-state index in [-0.39, 0.29) is 23.9 Å². The lowest BCUT2D eigenvalue weighted by atomic mass is 9.90. The van der Waals surface area contributed by atoms with Crippen LogP contribution in [0, 0.1) is 0 Å². The molecule has 200 valence electrons. The van der Waals surface area contributed by atoms with E-state index in [1.807, 2.05) is 71.8 Å². The number of aromatic nitrogens is 1. The average molecular weight is 521 g/mol. The van der Waals surface area contributed by atoms with E-state index in [9.17, 15) is 9.59 Å². The highest BCUT2D eigenvalue weighted by atomic mass is 16.2. The van der Waals surface area contributed by atoms with Gasteiger partial charge in [-0.15, -0.1) is 0 Å². The molecule has 4 aromatic rings. The fourth-order valence-electron chi connectivity index (χ4n) is 5.67. The predicted molar refractivity (Wildman–Crippen MR) is 155 cm³/mol. The fourth-order valence-corrected chi connectivity index (χ4v) is 5.67. The first-order valence-electron chi connectivity index (χ1n) is 13.8. The van der Waals surface area contributed by atoms with Crippen molar-refractivity contribution in [3.8, 4) is 0 Å². The zero-order valence-electron chi connectivity index (χ0n) is 22.4. The first-order valence-corrected chi connectivity index (χ1v) is 13.8. The van der Waals surface area contributed by atoms with Crippen molar-refractivity contribution in [2.75, 3.05) is 6.54 Å². The molecule has 0 bridgehead atoms. The molecule has 39 heavy (non-hydrogen) atoms. The molecule has 1 aromatic heterocycles. The highest BCUT2D eigenvalue weighted by molar-refractivity contribution is 5.87. The third-order valence-electron chi connectivity index (χ3n) is 7.59. The molecule has 0 unspecified atom stereocenters. The molecule has 3 atom stereocenters. The SMILES string of the molecule is CC(=O)N[C@H](Cc1ccccc1)C(=O)N1CC[C@H](NCc2ccnc3ccccc23)C[C@H]1Cc1ccccc1. The van der Waals surface area contributed by atoms with Gasteiger partial charge >= 0.3 is 0 Å². The van der Waals surface area contributed by atoms with Crippen LogP contribution < -0.4 is 10.6 Å². The summed E-state index contributed by atoms with van der Waals surface area (Å²) in [5.74, 6) is -0.196. The van der Waals surface area contributed by atoms with E-state index in [2.05, 4.69) is 45.9 Å². The zero-order valence-corrected chi connectivity index (χ0v) is 22.4. The summed E-state index contributed by atoms with van der Waals surface area (Å²) >= 11 is 0. The van der Waals surface area contributed by atoms with Crippen molar-refractivity contribution in [3.63, 3.8) is 0 Å². The van der Waals surface area contributed by atoms with E-state index in [0.29, 0.717) is 13.0 Å². The van der Waals surface area contributed by atoms with Gasteiger partial charge in [0.05, 0.1) is 5.52 Å². The van der Waals surface area contributed by atoms with Crippen molar-refractivity contribution in [2.45, 2.75) is 57.3 Å². The molecule has 1 aliphatic rings. The average Bonchev–Trinajstić information content (AvgIpc) is 2.96. The van der Waals surface area contributed by atoms with Crippen LogP contribution in [-0.2, 0) is 29.0 Å². The summed E-state index contributed by atoms with van der Waals surface area (Å²) in [6, 6.07) is 30.3. The molecule has 1 aliphatic heterocycles. The van der Waals surface area contributed by atoms with Gasteiger partial charge in [-0.2, -0.15) is 0 Å². The monoisotopic (exact) mass is 520 g/mol. The Hall–Kier alpha value is -4.03. The van der Waals surface area contributed by atoms with Gasteiger partial charge in [0, 0.05) is 50.1 Å². The topological polar surface area (TPSA) is 74.3 Å². The van der Waals surface area contributed by atoms with Crippen LogP contribution in [0.25, 0.3) is 10.9 Å². The Balaban J connectivity index is 1.33. The molecule has 0 aliphatic carbocycles. The van der Waals surface area contributed by atoms with Gasteiger partial charge in [-0.1, -0.05) is 78.9 Å². The van der Waals surface area contributed by atoms with Crippen molar-refractivity contribution in [1.82, 2.24) is 20.5 Å². The predicted octanol–water partition coefficient (Wildman–Crippen LogP) is 4.67. The van der Waals surface area contributed by atoms with Crippen molar-refractivity contribution < 1.29 is 9.59 Å². The van der Waals surface area contributed by atoms with Crippen LogP contribution in [0.5, 0.6) is 0 Å². The molecule has 0 radical (unpaired) electrons. The summed E-state index contributed by atoms with van der Waals surface area (Å²) in [7, 11) is 0. The Labute approximate surface area is 230 Å². The van der Waals surface area contributed by atoms with E-state index < -0.39 is 6.04 Å². The van der Waals surface area contributed by atoms with Crippen LogP contribution in [0.2, 0.25) is 0 Å². The number of rotatable bonds is 9. The lowest BCUT2D eigenvalue weighted by molar-refractivity contribution is -0.139. The third kappa shape index (κ3) is 6.89. The Morgan fingerprint density at radius 1 is 0.923 bits per heavy atom. The van der Waals surface area contributed by atoms with E-state index in [0.717, 1.165) is 36.9 Å². The number of carbonyl (C=O) groups excluding carboxylic acids is 2. The van der Waals surface area contributed by atoms with Crippen LogP contribution in [0.4, 0.5) is 0 Å². The Morgan fingerprint density at radius 2 is 1.62 bits per heavy atom. The molecule has 2 heterocycles. The van der Waals surface area contributed by atoms with Gasteiger partial charge in [-0.3, -0.25) is 14.6 Å². The Bertz CT molecular complexity index is 1390. The number of carbonyl (C=O) groups is 2. The van der Waals surface area contributed by atoms with Gasteiger partial charge in [0.1, 0.15) is 6.04 Å². The number of fused-ring (bicyclic) bond motifs is 1. The van der Waals surface area contributed by atoms with Gasteiger partial charge in [0.15, 0.2) is 0 Å². The van der Waals surface area contributed by atoms with Gasteiger partial charge in [-0.05, 0) is 48.1 Å². The van der Waals surface area contributed by atoms with Crippen molar-refractivity contribution in [1.29, 1.82) is 0 Å². The van der Waals surface area contributed by atoms with Gasteiger partial charge < -0.3 is 15.5 Å². The normalized spacial score (nSPS) is 18.0. The van der Waals surface area contributed by atoms with E-state index >= 15 is 0 Å². The standard InChI is InChI=1S/C33H36N4O2/c1-24(38)36-32(21-26-12-6-3-7-13-26)33(39)37-19-17-28(22-29(37)20-25-10-4-2-5-11-25)35-23-27-16-18-34-31-15-9-8-14-30(27)31/h2-16,18,28-29,32,35H,17,19-23H2,1H3,(H,36,38)/t28-,29+,32+/m0/s1. The van der Waals surface area contributed by atoms with Crippen molar-refractivity contribution in [3.05, 3.63) is 114 Å². The Morgan fingerprint density at radius 3 is 2.36 bits per heavy atom. The van der Waals surface area contributed by atoms with Crippen LogP contribution in [0.3, 0.4) is 0 Å². The number of piperidine rings is 1. The number of amides is 2. The second kappa shape index (κ2) is 12.7. The minimum Gasteiger partial charge on any atom is -0.344 e. The summed E-state index contributed by atoms with van der Waals surface area (Å²) < 4.78 is 0. The van der Waals surface area contributed by atoms with Crippen LogP contribution in [-0.4, -0.2) is 46.4 Å². The van der Waals surface area contributed by atoms with Gasteiger partial charge in [0.25, 0.3) is 0 Å². The molecular weight excluding hydrogens is 484 g/mol. The third-order valence-corrected chi connectivity index (χ3v) is 7.59. The number of nitrogens with one attached hydrogen (secondary N) is 2. The smallest absolute Gasteiger partial charge is 0.245 e. The van der Waals surface area contributed by atoms with E-state index in [4.69, 9.17) is 0 Å². The summed E-state index contributed by atoms with van der Waals surface area (Å²) in [5.41, 5.74) is 4.47. The highest BCUT2D eigenvalue weighted by Gasteiger charge is 2.35. The second-order valence-electron chi connectivity index (χ2n) is 10.4. The van der Waals surface area contributed by atoms with Crippen LogP contribution in [0.1, 0.15) is 36.5 Å². The maximum Gasteiger partial charge on any atom is 0.245 e. The molecule has 1 fully saturated rings. The minimum absolute atomic E-state index is 0.00596. The first-order chi connectivity index (χ1) is 19.1. The number of hydrogen-bond acceptors (Lipinski definition) is 4. The maximum absolute atomic E-state index is 14.0. The molecule has 0 saturated carbocycles. The van der Waals surface area contributed by atoms with Crippen LogP contribution >= 0.6 is 0 Å². The first kappa shape index (κ1) is 26.6. The zero-order chi connectivity index (χ0) is 27.0. The molecule has 6 heteroatoms. The summed E-state index contributed by atoms with van der Waals surface area (Å²) in [5, 5.41) is 7.87. The van der Waals surface area contributed by atoms with Crippen molar-refractivity contribution in [2.24, 2.45) is 0 Å². The minimum atomic E-state index is -0.587. The van der Waals surface area contributed by atoms with Crippen LogP contribution in [0.15, 0.2) is 97.2 Å². The number of hydrogen-bond donors (Lipinski definition) is 2. The van der Waals surface area contributed by atoms with E-state index in [1.54, 1.807) is 0 Å². The quantitative estimate of drug-likeness (QED) is 0.336. The summed E-state index contributed by atoms with van der Waals surface area (Å²) in [6.07, 6.45) is 4.83. The van der Waals surface area contributed by atoms with Gasteiger partial charge in [-0.25, -0.2) is 0 Å². The number of para-hydroxylation sites is 1. The molecule has 1 saturated heterocycles. The lowest BCUT2D eigenvalue weighted by Crippen LogP contribution is -2.57. The molecular formula is C33H36N4O2. The fraction of sp³-hybridized carbons (Fsp3) is 0.303. The molecule has 5 rings (SSSR count). The molecule has 0 spiro atoms. The highest BCUT2D eigenvalue weighted by Crippen LogP contribution is 2.24. The molecule has 2 amide bonds. The number of benzene rings is 3. The molecule has 3 aromatic carbocycles. The molecule has 2 N–H and O–H groups in total. The number of pyridine rings is 1. The summed E-state index contributed by atoms with van der Waals surface area (Å²) in [6.45, 7) is 2.88. The van der Waals surface area contributed by atoms with Crippen molar-refractivity contribution >= 4 is 22.7 Å². The van der Waals surface area contributed by atoms with Gasteiger partial charge in [0.2, 0.25) is 11.8 Å². The van der Waals surface area contributed by atoms with E-state index in [1.165, 1.54) is 23.4 Å². The lowest BCUT2D eigenvalue weighted by Gasteiger charge is -2.41. The Kier molecular flexibility index (Phi) is 8.64. The number of nitrogens with zero attached hydrogens (tertiary/aromatic N) is 2. The largest absolute Gasteiger partial charge is 0.344 e. The second-order valence-corrected chi connectivity index (χ2v) is 10.4. The molecule has 6 nitrogen and oxygen atoms in total. The number of likely N-dealkylation sites (tertiary alicyclic amines) is 1. The summed E-state index contributed by atoms with van der Waals surface area (Å²) in [4.78, 5) is 32.5. The maximum atomic E-state index is 14.0.